The summed E-state index contributed by atoms with van der Waals surface area (Å²) in [5, 5.41) is 0. The fraction of sp³-hybridized carbons (Fsp3) is 0.286. The molecule has 35 heavy (non-hydrogen) atoms. The average molecular weight is 473 g/mol. The summed E-state index contributed by atoms with van der Waals surface area (Å²) < 4.78 is 16.3. The van der Waals surface area contributed by atoms with Crippen molar-refractivity contribution in [3.8, 4) is 28.4 Å². The first-order valence-electron chi connectivity index (χ1n) is 11.6. The number of benzene rings is 3. The Morgan fingerprint density at radius 3 is 2.03 bits per heavy atom. The highest BCUT2D eigenvalue weighted by Gasteiger charge is 2.29. The van der Waals surface area contributed by atoms with E-state index in [1.807, 2.05) is 53.4 Å². The predicted octanol–water partition coefficient (Wildman–Crippen LogP) is 3.88. The van der Waals surface area contributed by atoms with E-state index in [1.165, 1.54) is 0 Å². The molecule has 180 valence electrons. The Morgan fingerprint density at radius 2 is 1.40 bits per heavy atom. The van der Waals surface area contributed by atoms with Crippen LogP contribution in [0.15, 0.2) is 54.6 Å². The zero-order valence-electron chi connectivity index (χ0n) is 20.2. The van der Waals surface area contributed by atoms with Crippen molar-refractivity contribution in [2.45, 2.75) is 6.54 Å². The van der Waals surface area contributed by atoms with Gasteiger partial charge in [-0.3, -0.25) is 14.5 Å². The van der Waals surface area contributed by atoms with E-state index in [0.29, 0.717) is 53.6 Å². The molecule has 1 amide bonds. The van der Waals surface area contributed by atoms with Crippen LogP contribution in [-0.2, 0) is 6.54 Å². The van der Waals surface area contributed by atoms with Crippen molar-refractivity contribution >= 4 is 11.7 Å². The van der Waals surface area contributed by atoms with E-state index in [2.05, 4.69) is 4.90 Å². The molecule has 0 bridgehead atoms. The van der Waals surface area contributed by atoms with Crippen LogP contribution in [0.5, 0.6) is 17.2 Å². The highest BCUT2D eigenvalue weighted by atomic mass is 16.5. The van der Waals surface area contributed by atoms with Gasteiger partial charge in [0.25, 0.3) is 5.91 Å². The third-order valence-electron chi connectivity index (χ3n) is 6.76. The maximum absolute atomic E-state index is 13.2. The van der Waals surface area contributed by atoms with Crippen molar-refractivity contribution in [3.05, 3.63) is 76.9 Å². The predicted molar refractivity (Wildman–Crippen MR) is 133 cm³/mol. The summed E-state index contributed by atoms with van der Waals surface area (Å²) in [6.07, 6.45) is 0. The molecule has 1 heterocycles. The molecule has 2 aliphatic rings. The van der Waals surface area contributed by atoms with Crippen LogP contribution in [0, 0.1) is 0 Å². The highest BCUT2D eigenvalue weighted by Crippen LogP contribution is 2.39. The molecule has 0 spiro atoms. The minimum Gasteiger partial charge on any atom is -0.493 e. The molecule has 0 aromatic heterocycles. The number of methoxy groups -OCH3 is 3. The molecule has 5 rings (SSSR count). The molecule has 0 radical (unpaired) electrons. The molecule has 0 unspecified atom stereocenters. The zero-order chi connectivity index (χ0) is 24.5. The van der Waals surface area contributed by atoms with Gasteiger partial charge in [0, 0.05) is 49.4 Å². The van der Waals surface area contributed by atoms with Crippen molar-refractivity contribution in [2.24, 2.45) is 0 Å². The lowest BCUT2D eigenvalue weighted by molar-refractivity contribution is 0.0628. The topological polar surface area (TPSA) is 68.3 Å². The van der Waals surface area contributed by atoms with Gasteiger partial charge in [0.15, 0.2) is 17.3 Å². The monoisotopic (exact) mass is 472 g/mol. The fourth-order valence-corrected chi connectivity index (χ4v) is 4.94. The molecule has 7 heteroatoms. The van der Waals surface area contributed by atoms with Gasteiger partial charge in [-0.05, 0) is 41.0 Å². The number of hydrogen-bond acceptors (Lipinski definition) is 6. The maximum atomic E-state index is 13.2. The number of rotatable bonds is 6. The molecule has 1 aliphatic heterocycles. The molecule has 0 saturated carbocycles. The number of nitrogens with zero attached hydrogens (tertiary/aromatic N) is 2. The van der Waals surface area contributed by atoms with Crippen molar-refractivity contribution in [2.75, 3.05) is 47.5 Å². The standard InChI is InChI=1S/C28H28N2O5/c1-33-24-14-18(15-25(34-2)27(24)35-3)17-29-10-12-30(13-11-29)28(32)19-8-9-21-20-6-4-5-7-22(20)26(31)23(21)16-19/h4-9,14-16H,10-13,17H2,1-3H3. The van der Waals surface area contributed by atoms with Gasteiger partial charge in [-0.25, -0.2) is 0 Å². The molecule has 7 nitrogen and oxygen atoms in total. The SMILES string of the molecule is COc1cc(CN2CCN(C(=O)c3ccc4c(c3)C(=O)c3ccccc3-4)CC2)cc(OC)c1OC. The van der Waals surface area contributed by atoms with Gasteiger partial charge < -0.3 is 19.1 Å². The van der Waals surface area contributed by atoms with Gasteiger partial charge in [0.2, 0.25) is 5.75 Å². The summed E-state index contributed by atoms with van der Waals surface area (Å²) in [5.41, 5.74) is 4.76. The van der Waals surface area contributed by atoms with E-state index in [4.69, 9.17) is 14.2 Å². The lowest BCUT2D eigenvalue weighted by Gasteiger charge is -2.35. The van der Waals surface area contributed by atoms with E-state index in [9.17, 15) is 9.59 Å². The Balaban J connectivity index is 1.25. The minimum atomic E-state index is -0.0380. The average Bonchev–Trinajstić information content (AvgIpc) is 3.19. The van der Waals surface area contributed by atoms with Crippen LogP contribution in [0.1, 0.15) is 31.8 Å². The normalized spacial score (nSPS) is 14.9. The molecule has 0 N–H and O–H groups in total. The number of carbonyl (C=O) groups excluding carboxylic acids is 2. The molecule has 3 aromatic rings. The lowest BCUT2D eigenvalue weighted by Crippen LogP contribution is -2.48. The van der Waals surface area contributed by atoms with Crippen LogP contribution in [-0.4, -0.2) is 69.0 Å². The Kier molecular flexibility index (Phi) is 6.17. The van der Waals surface area contributed by atoms with Gasteiger partial charge in [-0.1, -0.05) is 30.3 Å². The van der Waals surface area contributed by atoms with Gasteiger partial charge in [-0.2, -0.15) is 0 Å². The zero-order valence-corrected chi connectivity index (χ0v) is 20.2. The Labute approximate surface area is 204 Å². The summed E-state index contributed by atoms with van der Waals surface area (Å²) >= 11 is 0. The van der Waals surface area contributed by atoms with Gasteiger partial charge in [0.05, 0.1) is 21.3 Å². The Hall–Kier alpha value is -3.84. The number of ether oxygens (including phenoxy) is 3. The van der Waals surface area contributed by atoms with E-state index in [1.54, 1.807) is 27.4 Å². The number of amides is 1. The summed E-state index contributed by atoms with van der Waals surface area (Å²) in [6.45, 7) is 3.45. The summed E-state index contributed by atoms with van der Waals surface area (Å²) in [7, 11) is 4.80. The maximum Gasteiger partial charge on any atom is 0.253 e. The van der Waals surface area contributed by atoms with Crippen molar-refractivity contribution in [1.29, 1.82) is 0 Å². The van der Waals surface area contributed by atoms with E-state index in [-0.39, 0.29) is 11.7 Å². The third-order valence-corrected chi connectivity index (χ3v) is 6.76. The van der Waals surface area contributed by atoms with Crippen LogP contribution in [0.25, 0.3) is 11.1 Å². The van der Waals surface area contributed by atoms with Crippen LogP contribution in [0.4, 0.5) is 0 Å². The summed E-state index contributed by atoms with van der Waals surface area (Å²) in [6, 6.07) is 17.0. The van der Waals surface area contributed by atoms with Crippen LogP contribution >= 0.6 is 0 Å². The van der Waals surface area contributed by atoms with Crippen molar-refractivity contribution in [1.82, 2.24) is 9.80 Å². The van der Waals surface area contributed by atoms with Crippen LogP contribution in [0.3, 0.4) is 0 Å². The Bertz CT molecular complexity index is 1270. The molecule has 0 atom stereocenters. The largest absolute Gasteiger partial charge is 0.493 e. The smallest absolute Gasteiger partial charge is 0.253 e. The van der Waals surface area contributed by atoms with Gasteiger partial charge in [-0.15, -0.1) is 0 Å². The quantitative estimate of drug-likeness (QED) is 0.424. The molecule has 3 aromatic carbocycles. The third kappa shape index (κ3) is 4.12. The summed E-state index contributed by atoms with van der Waals surface area (Å²) in [5.74, 6) is 1.78. The number of piperazine rings is 1. The first-order chi connectivity index (χ1) is 17.0. The van der Waals surface area contributed by atoms with Crippen molar-refractivity contribution < 1.29 is 23.8 Å². The number of fused-ring (bicyclic) bond motifs is 3. The van der Waals surface area contributed by atoms with E-state index < -0.39 is 0 Å². The fourth-order valence-electron chi connectivity index (χ4n) is 4.94. The highest BCUT2D eigenvalue weighted by molar-refractivity contribution is 6.22. The molecule has 1 fully saturated rings. The second-order valence-corrected chi connectivity index (χ2v) is 8.74. The van der Waals surface area contributed by atoms with Crippen molar-refractivity contribution in [3.63, 3.8) is 0 Å². The van der Waals surface area contributed by atoms with E-state index in [0.717, 1.165) is 29.8 Å². The molecule has 1 saturated heterocycles. The second kappa shape index (κ2) is 9.43. The second-order valence-electron chi connectivity index (χ2n) is 8.74. The van der Waals surface area contributed by atoms with Crippen LogP contribution in [0.2, 0.25) is 0 Å². The van der Waals surface area contributed by atoms with Gasteiger partial charge >= 0.3 is 0 Å². The van der Waals surface area contributed by atoms with E-state index >= 15 is 0 Å². The Morgan fingerprint density at radius 1 is 0.771 bits per heavy atom. The summed E-state index contributed by atoms with van der Waals surface area (Å²) in [4.78, 5) is 30.2. The molecular weight excluding hydrogens is 444 g/mol. The number of hydrogen-bond donors (Lipinski definition) is 0. The lowest BCUT2D eigenvalue weighted by atomic mass is 10.0. The first-order valence-corrected chi connectivity index (χ1v) is 11.6. The molecule has 1 aliphatic carbocycles. The van der Waals surface area contributed by atoms with Gasteiger partial charge in [0.1, 0.15) is 0 Å². The molecular formula is C28H28N2O5. The van der Waals surface area contributed by atoms with Crippen LogP contribution < -0.4 is 14.2 Å². The number of carbonyl (C=O) groups is 2. The first kappa shape index (κ1) is 22.9. The number of ketones is 1. The minimum absolute atomic E-state index is 0.0135.